The molecule has 0 atom stereocenters. The van der Waals surface area contributed by atoms with Crippen molar-refractivity contribution in [1.29, 1.82) is 0 Å². The highest BCUT2D eigenvalue weighted by atomic mass is 15.5. The molecule has 0 unspecified atom stereocenters. The zero-order valence-corrected chi connectivity index (χ0v) is 10.9. The van der Waals surface area contributed by atoms with Crippen molar-refractivity contribution in [3.63, 3.8) is 0 Å². The normalized spacial score (nSPS) is 10.3. The molecule has 0 aromatic heterocycles. The van der Waals surface area contributed by atoms with Crippen LogP contribution in [0.15, 0.2) is 49.1 Å². The van der Waals surface area contributed by atoms with E-state index in [2.05, 4.69) is 18.7 Å². The first-order valence-electron chi connectivity index (χ1n) is 5.60. The lowest BCUT2D eigenvalue weighted by Crippen LogP contribution is -2.72. The Kier molecular flexibility index (Phi) is 4.95. The maximum Gasteiger partial charge on any atom is 0.217 e. The minimum atomic E-state index is 0.597. The lowest BCUT2D eigenvalue weighted by molar-refractivity contribution is -0.557. The smallest absolute Gasteiger partial charge is 0.217 e. The summed E-state index contributed by atoms with van der Waals surface area (Å²) in [5, 5.41) is 1.94. The highest BCUT2D eigenvalue weighted by Crippen LogP contribution is 2.19. The van der Waals surface area contributed by atoms with Crippen LogP contribution in [0.1, 0.15) is 0 Å². The third-order valence-electron chi connectivity index (χ3n) is 2.34. The maximum absolute atomic E-state index is 5.62. The second-order valence-corrected chi connectivity index (χ2v) is 3.79. The van der Waals surface area contributed by atoms with Gasteiger partial charge in [0, 0.05) is 17.8 Å². The van der Waals surface area contributed by atoms with Gasteiger partial charge in [0.1, 0.15) is 6.72 Å². The molecule has 5 heteroatoms. The Morgan fingerprint density at radius 3 is 2.61 bits per heavy atom. The van der Waals surface area contributed by atoms with Crippen LogP contribution in [-0.2, 0) is 0 Å². The van der Waals surface area contributed by atoms with Crippen molar-refractivity contribution < 1.29 is 10.0 Å². The van der Waals surface area contributed by atoms with Crippen molar-refractivity contribution >= 4 is 18.1 Å². The number of benzene rings is 1. The van der Waals surface area contributed by atoms with Gasteiger partial charge in [-0.3, -0.25) is 0 Å². The van der Waals surface area contributed by atoms with E-state index in [1.54, 1.807) is 12.1 Å². The summed E-state index contributed by atoms with van der Waals surface area (Å²) >= 11 is 0. The van der Waals surface area contributed by atoms with Crippen LogP contribution in [0.4, 0.5) is 11.4 Å². The Hall–Kier alpha value is -2.27. The van der Waals surface area contributed by atoms with Crippen LogP contribution >= 0.6 is 0 Å². The number of rotatable bonds is 6. The minimum absolute atomic E-state index is 0.597. The van der Waals surface area contributed by atoms with Gasteiger partial charge in [0.25, 0.3) is 0 Å². The molecule has 0 amide bonds. The van der Waals surface area contributed by atoms with E-state index < -0.39 is 0 Å². The first-order valence-corrected chi connectivity index (χ1v) is 5.60. The minimum Gasteiger partial charge on any atom is -0.444 e. The number of hydrogen-bond acceptors (Lipinski definition) is 2. The first-order chi connectivity index (χ1) is 8.54. The summed E-state index contributed by atoms with van der Waals surface area (Å²) in [6.45, 7) is 7.73. The van der Waals surface area contributed by atoms with Gasteiger partial charge >= 0.3 is 0 Å². The summed E-state index contributed by atoms with van der Waals surface area (Å²) in [6.07, 6.45) is 3.79. The van der Waals surface area contributed by atoms with Crippen LogP contribution < -0.4 is 11.1 Å². The summed E-state index contributed by atoms with van der Waals surface area (Å²) < 4.78 is 1.52. The van der Waals surface area contributed by atoms with E-state index in [-0.39, 0.29) is 0 Å². The van der Waals surface area contributed by atoms with Crippen molar-refractivity contribution in [1.82, 2.24) is 4.90 Å². The molecule has 0 radical (unpaired) electrons. The Morgan fingerprint density at radius 2 is 2.06 bits per heavy atom. The maximum atomic E-state index is 5.62. The predicted molar refractivity (Wildman–Crippen MR) is 75.1 cm³/mol. The number of anilines is 1. The van der Waals surface area contributed by atoms with E-state index in [1.165, 1.54) is 4.68 Å². The second-order valence-electron chi connectivity index (χ2n) is 3.79. The molecule has 0 saturated carbocycles. The van der Waals surface area contributed by atoms with Gasteiger partial charge in [0.15, 0.2) is 0 Å². The van der Waals surface area contributed by atoms with Crippen molar-refractivity contribution in [3.05, 3.63) is 54.5 Å². The second kappa shape index (κ2) is 6.46. The summed E-state index contributed by atoms with van der Waals surface area (Å²) in [5.41, 5.74) is 11.5. The van der Waals surface area contributed by atoms with E-state index in [0.29, 0.717) is 11.5 Å². The van der Waals surface area contributed by atoms with Crippen LogP contribution in [0.5, 0.6) is 0 Å². The average molecular weight is 246 g/mol. The van der Waals surface area contributed by atoms with E-state index in [1.807, 2.05) is 48.8 Å². The van der Waals surface area contributed by atoms with E-state index in [0.717, 1.165) is 5.69 Å². The van der Waals surface area contributed by atoms with Gasteiger partial charge in [0.05, 0.1) is 13.2 Å². The molecule has 0 heterocycles. The largest absolute Gasteiger partial charge is 0.444 e. The summed E-state index contributed by atoms with van der Waals surface area (Å²) in [7, 11) is 3.83. The summed E-state index contributed by atoms with van der Waals surface area (Å²) in [6, 6.07) is 7.33. The Balaban J connectivity index is 2.62. The summed E-state index contributed by atoms with van der Waals surface area (Å²) in [4.78, 5) is 1.81. The average Bonchev–Trinajstić information content (AvgIpc) is 2.36. The van der Waals surface area contributed by atoms with Gasteiger partial charge in [0.2, 0.25) is 5.69 Å². The number of nitrogens with zero attached hydrogens (tertiary/aromatic N) is 3. The molecule has 4 N–H and O–H groups in total. The molecule has 0 aliphatic rings. The molecule has 18 heavy (non-hydrogen) atoms. The van der Waals surface area contributed by atoms with Crippen LogP contribution in [0.3, 0.4) is 0 Å². The standard InChI is InChI=1S/C13H19N5/c1-11(17(3)10-9-15-2)16-18(4)13-7-5-12(14)6-8-13/h5-10,15H,1,4,14H2,2-3H3/p+1. The number of hydrogen-bond donors (Lipinski definition) is 2. The third kappa shape index (κ3) is 3.95. The van der Waals surface area contributed by atoms with Crippen LogP contribution in [0.2, 0.25) is 0 Å². The Labute approximate surface area is 108 Å². The van der Waals surface area contributed by atoms with E-state index in [4.69, 9.17) is 5.73 Å². The predicted octanol–water partition coefficient (Wildman–Crippen LogP) is 0.970. The van der Waals surface area contributed by atoms with Crippen molar-refractivity contribution in [2.24, 2.45) is 0 Å². The number of quaternary nitrogens is 1. The molecule has 0 saturated heterocycles. The quantitative estimate of drug-likeness (QED) is 0.340. The van der Waals surface area contributed by atoms with Gasteiger partial charge in [-0.15, -0.1) is 0 Å². The molecular formula is C13H20N5+. The SMILES string of the molecule is C=C([N-][N+](=C)c1ccc(N)cc1)N(C)C=C[NH2+]C. The van der Waals surface area contributed by atoms with Crippen LogP contribution in [0, 0.1) is 0 Å². The molecule has 0 aliphatic heterocycles. The van der Waals surface area contributed by atoms with Crippen LogP contribution in [0.25, 0.3) is 5.43 Å². The molecule has 0 aliphatic carbocycles. The lowest BCUT2D eigenvalue weighted by atomic mass is 10.3. The fraction of sp³-hybridized carbons (Fsp3) is 0.154. The monoisotopic (exact) mass is 246 g/mol. The fourth-order valence-electron chi connectivity index (χ4n) is 1.22. The third-order valence-corrected chi connectivity index (χ3v) is 2.34. The van der Waals surface area contributed by atoms with Crippen molar-refractivity contribution in [2.75, 3.05) is 19.8 Å². The van der Waals surface area contributed by atoms with Gasteiger partial charge in [-0.05, 0) is 24.2 Å². The first kappa shape index (κ1) is 13.8. The van der Waals surface area contributed by atoms with Gasteiger partial charge in [-0.25, -0.2) is 0 Å². The molecular weight excluding hydrogens is 226 g/mol. The summed E-state index contributed by atoms with van der Waals surface area (Å²) in [5.74, 6) is 0.597. The highest BCUT2D eigenvalue weighted by molar-refractivity contribution is 5.46. The highest BCUT2D eigenvalue weighted by Gasteiger charge is 2.03. The Morgan fingerprint density at radius 1 is 1.44 bits per heavy atom. The van der Waals surface area contributed by atoms with Crippen molar-refractivity contribution in [2.45, 2.75) is 0 Å². The molecule has 0 spiro atoms. The fourth-order valence-corrected chi connectivity index (χ4v) is 1.22. The van der Waals surface area contributed by atoms with Gasteiger partial charge in [-0.1, -0.05) is 13.6 Å². The molecule has 1 aromatic rings. The van der Waals surface area contributed by atoms with E-state index >= 15 is 0 Å². The van der Waals surface area contributed by atoms with Gasteiger partial charge in [-0.2, -0.15) is 10.1 Å². The zero-order valence-electron chi connectivity index (χ0n) is 10.9. The molecule has 1 aromatic carbocycles. The Bertz CT molecular complexity index is 447. The molecule has 0 fully saturated rings. The number of nitrogens with two attached hydrogens (primary N) is 2. The number of nitrogen functional groups attached to an aromatic ring is 1. The molecule has 1 rings (SSSR count). The van der Waals surface area contributed by atoms with Gasteiger partial charge < -0.3 is 16.0 Å². The van der Waals surface area contributed by atoms with E-state index in [9.17, 15) is 0 Å². The topological polar surface area (TPSA) is 63.0 Å². The molecule has 96 valence electrons. The molecule has 5 nitrogen and oxygen atoms in total. The lowest BCUT2D eigenvalue weighted by Gasteiger charge is -2.24. The van der Waals surface area contributed by atoms with Crippen LogP contribution in [-0.4, -0.2) is 30.4 Å². The van der Waals surface area contributed by atoms with Crippen molar-refractivity contribution in [3.8, 4) is 0 Å². The molecule has 0 bridgehead atoms. The zero-order chi connectivity index (χ0) is 13.5.